The zero-order chi connectivity index (χ0) is 12.5. The smallest absolute Gasteiger partial charge is 0.241 e. The van der Waals surface area contributed by atoms with Crippen molar-refractivity contribution in [2.45, 2.75) is 44.2 Å². The molecule has 3 aliphatic rings. The molecular weight excluding hydrogens is 230 g/mol. The third-order valence-electron chi connectivity index (χ3n) is 4.51. The molecule has 3 aliphatic heterocycles. The molecular formula is C13H21N3O2. The Morgan fingerprint density at radius 1 is 1.22 bits per heavy atom. The lowest BCUT2D eigenvalue weighted by molar-refractivity contribution is -0.133. The Bertz CT molecular complexity index is 352. The van der Waals surface area contributed by atoms with Crippen molar-refractivity contribution in [2.24, 2.45) is 5.92 Å². The number of rotatable bonds is 3. The third kappa shape index (κ3) is 2.23. The summed E-state index contributed by atoms with van der Waals surface area (Å²) in [5, 5.41) is 6.26. The van der Waals surface area contributed by atoms with Crippen LogP contribution in [0.5, 0.6) is 0 Å². The lowest BCUT2D eigenvalue weighted by atomic mass is 9.88. The summed E-state index contributed by atoms with van der Waals surface area (Å²) in [6, 6.07) is 0.872. The Morgan fingerprint density at radius 3 is 2.61 bits per heavy atom. The molecule has 0 aromatic carbocycles. The molecule has 5 nitrogen and oxygen atoms in total. The van der Waals surface area contributed by atoms with Gasteiger partial charge in [-0.05, 0) is 32.1 Å². The summed E-state index contributed by atoms with van der Waals surface area (Å²) in [6.07, 6.45) is 5.42. The summed E-state index contributed by atoms with van der Waals surface area (Å²) in [4.78, 5) is 25.7. The van der Waals surface area contributed by atoms with Gasteiger partial charge in [-0.25, -0.2) is 0 Å². The minimum atomic E-state index is 0.0576. The van der Waals surface area contributed by atoms with Crippen LogP contribution in [-0.2, 0) is 9.59 Å². The molecule has 2 amide bonds. The first kappa shape index (κ1) is 12.0. The first-order valence-corrected chi connectivity index (χ1v) is 7.05. The molecule has 0 saturated carbocycles. The monoisotopic (exact) mass is 251 g/mol. The second kappa shape index (κ2) is 4.88. The number of carbonyl (C=O) groups is 2. The van der Waals surface area contributed by atoms with Gasteiger partial charge in [-0.3, -0.25) is 9.59 Å². The standard InChI is InChI=1S/C13H21N3O2/c17-12(16-5-1-2-6-16)8-14-13(18)10-7-9-3-4-11(10)15-9/h9-11,15H,1-8H2,(H,14,18). The summed E-state index contributed by atoms with van der Waals surface area (Å²) in [7, 11) is 0. The fourth-order valence-electron chi connectivity index (χ4n) is 3.49. The summed E-state index contributed by atoms with van der Waals surface area (Å²) in [5.74, 6) is 0.203. The molecule has 2 N–H and O–H groups in total. The van der Waals surface area contributed by atoms with Crippen LogP contribution in [0.4, 0.5) is 0 Å². The van der Waals surface area contributed by atoms with Gasteiger partial charge in [-0.2, -0.15) is 0 Å². The van der Waals surface area contributed by atoms with Gasteiger partial charge in [0, 0.05) is 25.2 Å². The maximum atomic E-state index is 12.0. The van der Waals surface area contributed by atoms with E-state index in [0.29, 0.717) is 12.1 Å². The lowest BCUT2D eigenvalue weighted by Gasteiger charge is -2.20. The highest BCUT2D eigenvalue weighted by Crippen LogP contribution is 2.33. The molecule has 100 valence electrons. The maximum Gasteiger partial charge on any atom is 0.241 e. The topological polar surface area (TPSA) is 61.4 Å². The molecule has 18 heavy (non-hydrogen) atoms. The number of nitrogens with one attached hydrogen (secondary N) is 2. The number of carbonyl (C=O) groups excluding carboxylic acids is 2. The SMILES string of the molecule is O=C(NCC(=O)N1CCCC1)C1CC2CCC1N2. The Kier molecular flexibility index (Phi) is 3.24. The van der Waals surface area contributed by atoms with Gasteiger partial charge in [-0.1, -0.05) is 0 Å². The van der Waals surface area contributed by atoms with E-state index in [1.165, 1.54) is 6.42 Å². The fraction of sp³-hybridized carbons (Fsp3) is 0.846. The van der Waals surface area contributed by atoms with E-state index in [1.54, 1.807) is 0 Å². The van der Waals surface area contributed by atoms with Crippen LogP contribution < -0.4 is 10.6 Å². The van der Waals surface area contributed by atoms with E-state index in [-0.39, 0.29) is 24.3 Å². The van der Waals surface area contributed by atoms with E-state index in [9.17, 15) is 9.59 Å². The molecule has 3 saturated heterocycles. The third-order valence-corrected chi connectivity index (χ3v) is 4.51. The van der Waals surface area contributed by atoms with E-state index in [2.05, 4.69) is 10.6 Å². The van der Waals surface area contributed by atoms with Crippen molar-refractivity contribution in [1.82, 2.24) is 15.5 Å². The first-order chi connectivity index (χ1) is 8.74. The van der Waals surface area contributed by atoms with Crippen LogP contribution in [0.25, 0.3) is 0 Å². The van der Waals surface area contributed by atoms with Crippen LogP contribution in [0.1, 0.15) is 32.1 Å². The zero-order valence-electron chi connectivity index (χ0n) is 10.7. The fourth-order valence-corrected chi connectivity index (χ4v) is 3.49. The highest BCUT2D eigenvalue weighted by Gasteiger charge is 2.42. The van der Waals surface area contributed by atoms with Gasteiger partial charge in [0.15, 0.2) is 0 Å². The van der Waals surface area contributed by atoms with Crippen LogP contribution in [0.15, 0.2) is 0 Å². The Morgan fingerprint density at radius 2 is 2.00 bits per heavy atom. The predicted molar refractivity (Wildman–Crippen MR) is 66.9 cm³/mol. The highest BCUT2D eigenvalue weighted by molar-refractivity contribution is 5.86. The molecule has 0 spiro atoms. The molecule has 0 aromatic rings. The second-order valence-electron chi connectivity index (χ2n) is 5.70. The van der Waals surface area contributed by atoms with Crippen molar-refractivity contribution in [3.05, 3.63) is 0 Å². The highest BCUT2D eigenvalue weighted by atomic mass is 16.2. The molecule has 0 aliphatic carbocycles. The Labute approximate surface area is 107 Å². The molecule has 0 radical (unpaired) electrons. The van der Waals surface area contributed by atoms with Gasteiger partial charge < -0.3 is 15.5 Å². The number of nitrogens with zero attached hydrogens (tertiary/aromatic N) is 1. The van der Waals surface area contributed by atoms with Crippen molar-refractivity contribution in [3.8, 4) is 0 Å². The number of fused-ring (bicyclic) bond motifs is 2. The van der Waals surface area contributed by atoms with E-state index in [4.69, 9.17) is 0 Å². The van der Waals surface area contributed by atoms with E-state index in [0.717, 1.165) is 38.8 Å². The van der Waals surface area contributed by atoms with Crippen LogP contribution in [0.2, 0.25) is 0 Å². The molecule has 3 rings (SSSR count). The number of hydrogen-bond donors (Lipinski definition) is 2. The summed E-state index contributed by atoms with van der Waals surface area (Å²) < 4.78 is 0. The molecule has 5 heteroatoms. The Hall–Kier alpha value is -1.10. The van der Waals surface area contributed by atoms with Crippen LogP contribution in [-0.4, -0.2) is 48.4 Å². The van der Waals surface area contributed by atoms with Crippen molar-refractivity contribution >= 4 is 11.8 Å². The Balaban J connectivity index is 1.45. The van der Waals surface area contributed by atoms with Crippen LogP contribution in [0, 0.1) is 5.92 Å². The first-order valence-electron chi connectivity index (χ1n) is 7.05. The summed E-state index contributed by atoms with van der Waals surface area (Å²) >= 11 is 0. The second-order valence-corrected chi connectivity index (χ2v) is 5.70. The minimum absolute atomic E-state index is 0.0576. The van der Waals surface area contributed by atoms with Crippen LogP contribution in [0.3, 0.4) is 0 Å². The lowest BCUT2D eigenvalue weighted by Crippen LogP contribution is -2.43. The molecule has 0 aromatic heterocycles. The number of amides is 2. The average Bonchev–Trinajstić information content (AvgIpc) is 3.09. The number of likely N-dealkylation sites (tertiary alicyclic amines) is 1. The van der Waals surface area contributed by atoms with Gasteiger partial charge in [0.05, 0.1) is 12.5 Å². The molecule has 3 unspecified atom stereocenters. The summed E-state index contributed by atoms with van der Waals surface area (Å²) in [6.45, 7) is 1.88. The van der Waals surface area contributed by atoms with Crippen molar-refractivity contribution in [1.29, 1.82) is 0 Å². The largest absolute Gasteiger partial charge is 0.347 e. The quantitative estimate of drug-likeness (QED) is 0.734. The molecule has 3 heterocycles. The average molecular weight is 251 g/mol. The van der Waals surface area contributed by atoms with Gasteiger partial charge in [0.1, 0.15) is 0 Å². The van der Waals surface area contributed by atoms with Gasteiger partial charge in [0.2, 0.25) is 11.8 Å². The maximum absolute atomic E-state index is 12.0. The normalized spacial score (nSPS) is 34.0. The van der Waals surface area contributed by atoms with Crippen LogP contribution >= 0.6 is 0 Å². The number of hydrogen-bond acceptors (Lipinski definition) is 3. The van der Waals surface area contributed by atoms with Gasteiger partial charge >= 0.3 is 0 Å². The van der Waals surface area contributed by atoms with Crippen molar-refractivity contribution in [2.75, 3.05) is 19.6 Å². The van der Waals surface area contributed by atoms with E-state index < -0.39 is 0 Å². The van der Waals surface area contributed by atoms with E-state index >= 15 is 0 Å². The minimum Gasteiger partial charge on any atom is -0.347 e. The van der Waals surface area contributed by atoms with Gasteiger partial charge in [-0.15, -0.1) is 0 Å². The van der Waals surface area contributed by atoms with Crippen molar-refractivity contribution < 1.29 is 9.59 Å². The van der Waals surface area contributed by atoms with E-state index in [1.807, 2.05) is 4.90 Å². The predicted octanol–water partition coefficient (Wildman–Crippen LogP) is -0.134. The molecule has 3 atom stereocenters. The molecule has 2 bridgehead atoms. The summed E-state index contributed by atoms with van der Waals surface area (Å²) in [5.41, 5.74) is 0. The van der Waals surface area contributed by atoms with Crippen molar-refractivity contribution in [3.63, 3.8) is 0 Å². The molecule has 3 fully saturated rings. The van der Waals surface area contributed by atoms with Gasteiger partial charge in [0.25, 0.3) is 0 Å². The zero-order valence-corrected chi connectivity index (χ0v) is 10.7.